The third-order valence-corrected chi connectivity index (χ3v) is 7.54. The van der Waals surface area contributed by atoms with E-state index in [-0.39, 0.29) is 17.9 Å². The summed E-state index contributed by atoms with van der Waals surface area (Å²) < 4.78 is 0. The molecule has 3 heterocycles. The Balaban J connectivity index is 1.44. The number of rotatable bonds is 5. The van der Waals surface area contributed by atoms with Crippen LogP contribution in [0.25, 0.3) is 22.6 Å². The van der Waals surface area contributed by atoms with Gasteiger partial charge in [0, 0.05) is 42.5 Å². The third-order valence-electron chi connectivity index (χ3n) is 6.72. The fourth-order valence-electron chi connectivity index (χ4n) is 5.10. The number of allylic oxidation sites excluding steroid dienone is 1. The van der Waals surface area contributed by atoms with Gasteiger partial charge in [0.2, 0.25) is 5.91 Å². The predicted octanol–water partition coefficient (Wildman–Crippen LogP) is 4.46. The Morgan fingerprint density at radius 3 is 2.63 bits per heavy atom. The minimum Gasteiger partial charge on any atom is -0.353 e. The van der Waals surface area contributed by atoms with Crippen LogP contribution < -0.4 is 5.32 Å². The number of piperazine rings is 1. The van der Waals surface area contributed by atoms with E-state index in [1.165, 1.54) is 10.5 Å². The predicted molar refractivity (Wildman–Crippen MR) is 142 cm³/mol. The minimum absolute atomic E-state index is 0.0408. The van der Waals surface area contributed by atoms with Crippen molar-refractivity contribution in [1.82, 2.24) is 20.1 Å². The number of hydrogen-bond donors (Lipinski definition) is 1. The van der Waals surface area contributed by atoms with Gasteiger partial charge < -0.3 is 10.2 Å². The van der Waals surface area contributed by atoms with Crippen LogP contribution >= 0.6 is 11.3 Å². The molecule has 1 saturated heterocycles. The van der Waals surface area contributed by atoms with Crippen molar-refractivity contribution in [1.29, 1.82) is 0 Å². The number of nitrogens with zero attached hydrogens (tertiary/aromatic N) is 3. The summed E-state index contributed by atoms with van der Waals surface area (Å²) in [5, 5.41) is 5.98. The molecule has 1 aromatic carbocycles. The molecule has 0 spiro atoms. The Bertz CT molecular complexity index is 1260. The molecule has 5 rings (SSSR count). The standard InChI is InChI=1S/C28H32N4O2S/c1-19(2)29-25(33)18-31-12-14-32(15-13-31)28(34)26-22-9-3-4-11-24(22)30-27-20(7-5-10-23(26)27)17-21-8-6-16-35-21/h3-4,6,8-9,11,16-17,19H,5,7,10,12-15,18H2,1-2H3,(H,29,33)/b20-17+. The molecule has 6 nitrogen and oxygen atoms in total. The summed E-state index contributed by atoms with van der Waals surface area (Å²) in [5.74, 6) is 0.127. The van der Waals surface area contributed by atoms with Crippen molar-refractivity contribution in [3.8, 4) is 0 Å². The maximum Gasteiger partial charge on any atom is 0.254 e. The topological polar surface area (TPSA) is 65.5 Å². The monoisotopic (exact) mass is 488 g/mol. The Hall–Kier alpha value is -3.03. The maximum atomic E-state index is 14.0. The Kier molecular flexibility index (Phi) is 6.97. The molecule has 0 atom stereocenters. The zero-order valence-corrected chi connectivity index (χ0v) is 21.2. The fourth-order valence-corrected chi connectivity index (χ4v) is 5.78. The van der Waals surface area contributed by atoms with Crippen LogP contribution in [-0.4, -0.2) is 65.4 Å². The van der Waals surface area contributed by atoms with E-state index in [0.29, 0.717) is 32.7 Å². The second-order valence-corrected chi connectivity index (χ2v) is 10.6. The van der Waals surface area contributed by atoms with Gasteiger partial charge in [-0.05, 0) is 67.8 Å². The van der Waals surface area contributed by atoms with Gasteiger partial charge in [0.05, 0.1) is 23.3 Å². The quantitative estimate of drug-likeness (QED) is 0.576. The molecule has 182 valence electrons. The molecule has 3 aromatic rings. The van der Waals surface area contributed by atoms with Crippen LogP contribution in [0.4, 0.5) is 0 Å². The number of aromatic nitrogens is 1. The Morgan fingerprint density at radius 2 is 1.89 bits per heavy atom. The van der Waals surface area contributed by atoms with Gasteiger partial charge in [0.25, 0.3) is 5.91 Å². The lowest BCUT2D eigenvalue weighted by molar-refractivity contribution is -0.123. The highest BCUT2D eigenvalue weighted by Crippen LogP contribution is 2.37. The first-order valence-corrected chi connectivity index (χ1v) is 13.3. The van der Waals surface area contributed by atoms with E-state index in [2.05, 4.69) is 33.8 Å². The van der Waals surface area contributed by atoms with Crippen molar-refractivity contribution in [3.05, 3.63) is 63.5 Å². The molecular formula is C28H32N4O2S. The van der Waals surface area contributed by atoms with E-state index < -0.39 is 0 Å². The molecule has 1 N–H and O–H groups in total. The molecule has 7 heteroatoms. The summed E-state index contributed by atoms with van der Waals surface area (Å²) in [7, 11) is 0. The number of nitrogens with one attached hydrogen (secondary N) is 1. The summed E-state index contributed by atoms with van der Waals surface area (Å²) in [6.45, 7) is 6.96. The van der Waals surface area contributed by atoms with Crippen LogP contribution in [0, 0.1) is 0 Å². The van der Waals surface area contributed by atoms with Gasteiger partial charge in [-0.3, -0.25) is 14.5 Å². The van der Waals surface area contributed by atoms with Crippen molar-refractivity contribution in [2.75, 3.05) is 32.7 Å². The largest absolute Gasteiger partial charge is 0.353 e. The van der Waals surface area contributed by atoms with Crippen molar-refractivity contribution < 1.29 is 9.59 Å². The number of carbonyl (C=O) groups excluding carboxylic acids is 2. The van der Waals surface area contributed by atoms with Gasteiger partial charge >= 0.3 is 0 Å². The average molecular weight is 489 g/mol. The Labute approximate surface area is 210 Å². The lowest BCUT2D eigenvalue weighted by Crippen LogP contribution is -2.51. The van der Waals surface area contributed by atoms with Crippen LogP contribution in [0.2, 0.25) is 0 Å². The number of carbonyl (C=O) groups is 2. The molecule has 2 amide bonds. The highest BCUT2D eigenvalue weighted by Gasteiger charge is 2.30. The first kappa shape index (κ1) is 23.7. The van der Waals surface area contributed by atoms with Gasteiger partial charge in [-0.1, -0.05) is 24.3 Å². The van der Waals surface area contributed by atoms with E-state index in [4.69, 9.17) is 4.98 Å². The number of hydrogen-bond acceptors (Lipinski definition) is 5. The van der Waals surface area contributed by atoms with Gasteiger partial charge in [-0.2, -0.15) is 0 Å². The number of pyridine rings is 1. The molecule has 35 heavy (non-hydrogen) atoms. The van der Waals surface area contributed by atoms with Crippen molar-refractivity contribution >= 4 is 45.7 Å². The SMILES string of the molecule is CC(C)NC(=O)CN1CCN(C(=O)c2c3c(nc4ccccc24)/C(=C/c2cccs2)CCC3)CC1. The molecular weight excluding hydrogens is 456 g/mol. The molecule has 0 bridgehead atoms. The molecule has 1 aliphatic heterocycles. The van der Waals surface area contributed by atoms with E-state index in [0.717, 1.165) is 47.0 Å². The van der Waals surface area contributed by atoms with Gasteiger partial charge in [0.1, 0.15) is 0 Å². The number of benzene rings is 1. The molecule has 0 radical (unpaired) electrons. The van der Waals surface area contributed by atoms with E-state index >= 15 is 0 Å². The molecule has 1 fully saturated rings. The van der Waals surface area contributed by atoms with E-state index in [9.17, 15) is 9.59 Å². The minimum atomic E-state index is 0.0408. The first-order valence-electron chi connectivity index (χ1n) is 12.5. The second-order valence-electron chi connectivity index (χ2n) is 9.66. The van der Waals surface area contributed by atoms with E-state index in [1.54, 1.807) is 11.3 Å². The summed E-state index contributed by atoms with van der Waals surface area (Å²) in [6, 6.07) is 12.3. The van der Waals surface area contributed by atoms with Crippen molar-refractivity contribution in [3.63, 3.8) is 0 Å². The van der Waals surface area contributed by atoms with Crippen LogP contribution in [-0.2, 0) is 11.2 Å². The number of amides is 2. The van der Waals surface area contributed by atoms with Gasteiger partial charge in [0.15, 0.2) is 0 Å². The van der Waals surface area contributed by atoms with Crippen molar-refractivity contribution in [2.45, 2.75) is 39.2 Å². The first-order chi connectivity index (χ1) is 17.0. The maximum absolute atomic E-state index is 14.0. The van der Waals surface area contributed by atoms with Gasteiger partial charge in [-0.15, -0.1) is 11.3 Å². The van der Waals surface area contributed by atoms with Crippen LogP contribution in [0.1, 0.15) is 53.2 Å². The van der Waals surface area contributed by atoms with Crippen LogP contribution in [0.5, 0.6) is 0 Å². The second kappa shape index (κ2) is 10.3. The normalized spacial score (nSPS) is 17.7. The lowest BCUT2D eigenvalue weighted by Gasteiger charge is -2.35. The third kappa shape index (κ3) is 5.16. The number of thiophene rings is 1. The lowest BCUT2D eigenvalue weighted by atomic mass is 9.86. The molecule has 0 unspecified atom stereocenters. The van der Waals surface area contributed by atoms with Crippen LogP contribution in [0.3, 0.4) is 0 Å². The molecule has 0 saturated carbocycles. The summed E-state index contributed by atoms with van der Waals surface area (Å²) in [5.41, 5.74) is 4.97. The summed E-state index contributed by atoms with van der Waals surface area (Å²) >= 11 is 1.72. The van der Waals surface area contributed by atoms with Gasteiger partial charge in [-0.25, -0.2) is 4.98 Å². The van der Waals surface area contributed by atoms with Crippen molar-refractivity contribution in [2.24, 2.45) is 0 Å². The summed E-state index contributed by atoms with van der Waals surface area (Å²) in [6.07, 6.45) is 5.09. The Morgan fingerprint density at radius 1 is 1.09 bits per heavy atom. The number of fused-ring (bicyclic) bond motifs is 2. The average Bonchev–Trinajstić information content (AvgIpc) is 3.35. The molecule has 2 aromatic heterocycles. The highest BCUT2D eigenvalue weighted by atomic mass is 32.1. The van der Waals surface area contributed by atoms with Crippen LogP contribution in [0.15, 0.2) is 41.8 Å². The molecule has 1 aliphatic carbocycles. The zero-order valence-electron chi connectivity index (χ0n) is 20.4. The highest BCUT2D eigenvalue weighted by molar-refractivity contribution is 7.10. The number of para-hydroxylation sites is 1. The smallest absolute Gasteiger partial charge is 0.254 e. The van der Waals surface area contributed by atoms with E-state index in [1.807, 2.05) is 43.0 Å². The summed E-state index contributed by atoms with van der Waals surface area (Å²) in [4.78, 5) is 36.5. The molecule has 2 aliphatic rings. The zero-order chi connectivity index (χ0) is 24.4. The fraction of sp³-hybridized carbons (Fsp3) is 0.393.